The Hall–Kier alpha value is -1.24. The molecule has 4 nitrogen and oxygen atoms in total. The van der Waals surface area contributed by atoms with Gasteiger partial charge in [0.2, 0.25) is 3.79 Å². The first-order valence-corrected chi connectivity index (χ1v) is 6.37. The quantitative estimate of drug-likeness (QED) is 0.689. The third kappa shape index (κ3) is 2.71. The van der Waals surface area contributed by atoms with E-state index in [-0.39, 0.29) is 3.79 Å². The summed E-state index contributed by atoms with van der Waals surface area (Å²) in [5, 5.41) is 7.20. The van der Waals surface area contributed by atoms with Gasteiger partial charge < -0.3 is 0 Å². The van der Waals surface area contributed by atoms with Gasteiger partial charge in [-0.1, -0.05) is 13.8 Å². The van der Waals surface area contributed by atoms with Gasteiger partial charge in [-0.15, -0.1) is 0 Å². The van der Waals surface area contributed by atoms with E-state index in [1.165, 1.54) is 0 Å². The zero-order valence-electron chi connectivity index (χ0n) is 9.57. The highest BCUT2D eigenvalue weighted by Gasteiger charge is 2.08. The smallest absolute Gasteiger partial charge is 0.240 e. The summed E-state index contributed by atoms with van der Waals surface area (Å²) in [6.45, 7) is 4.19. The average Bonchev–Trinajstić information content (AvgIpc) is 2.78. The molecule has 0 bridgehead atoms. The lowest BCUT2D eigenvalue weighted by Crippen LogP contribution is -1.92. The van der Waals surface area contributed by atoms with Gasteiger partial charge in [-0.25, -0.2) is 0 Å². The Bertz CT molecular complexity index is 531. The van der Waals surface area contributed by atoms with E-state index in [1.54, 1.807) is 34.9 Å². The molecule has 1 N–H and O–H groups in total. The van der Waals surface area contributed by atoms with Crippen molar-refractivity contribution >= 4 is 26.4 Å². The molecule has 0 radical (unpaired) electrons. The molecular weight excluding hydrogens is 329 g/mol. The van der Waals surface area contributed by atoms with Crippen molar-refractivity contribution in [3.8, 4) is 11.3 Å². The fourth-order valence-corrected chi connectivity index (χ4v) is 1.77. The molecule has 0 aliphatic carbocycles. The lowest BCUT2D eigenvalue weighted by molar-refractivity contribution is 0.110. The van der Waals surface area contributed by atoms with Crippen LogP contribution in [0.25, 0.3) is 11.3 Å². The maximum atomic E-state index is 11.1. The van der Waals surface area contributed by atoms with Crippen LogP contribution in [0.5, 0.6) is 0 Å². The van der Waals surface area contributed by atoms with Crippen molar-refractivity contribution in [3.63, 3.8) is 0 Å². The van der Waals surface area contributed by atoms with E-state index in [1.807, 2.05) is 12.1 Å². The molecule has 0 saturated carbocycles. The van der Waals surface area contributed by atoms with E-state index >= 15 is 0 Å². The van der Waals surface area contributed by atoms with E-state index in [2.05, 4.69) is 29.0 Å². The number of hydrogen-bond acceptors (Lipinski definition) is 3. The van der Waals surface area contributed by atoms with Crippen LogP contribution in [-0.4, -0.2) is 19.0 Å². The summed E-state index contributed by atoms with van der Waals surface area (Å²) in [6.07, 6.45) is 1.68. The van der Waals surface area contributed by atoms with Gasteiger partial charge in [0.15, 0.2) is 0 Å². The minimum Gasteiger partial charge on any atom is -0.280 e. The first kappa shape index (κ1) is 12.2. The van der Waals surface area contributed by atoms with Crippen molar-refractivity contribution in [2.45, 2.75) is 19.8 Å². The lowest BCUT2D eigenvalue weighted by Gasteiger charge is -1.98. The molecule has 2 rings (SSSR count). The van der Waals surface area contributed by atoms with Crippen LogP contribution in [0.15, 0.2) is 24.4 Å². The predicted octanol–water partition coefficient (Wildman–Crippen LogP) is 3.17. The number of rotatable bonds is 3. The van der Waals surface area contributed by atoms with Gasteiger partial charge in [0.1, 0.15) is 5.69 Å². The molecular formula is C12H12IN3O. The Balaban J connectivity index is 2.30. The van der Waals surface area contributed by atoms with Gasteiger partial charge >= 0.3 is 0 Å². The average molecular weight is 341 g/mol. The molecule has 0 amide bonds. The van der Waals surface area contributed by atoms with Crippen LogP contribution < -0.4 is 0 Å². The van der Waals surface area contributed by atoms with Crippen molar-refractivity contribution in [1.82, 2.24) is 15.2 Å². The molecule has 0 saturated heterocycles. The molecule has 2 heterocycles. The molecule has 0 fully saturated rings. The molecule has 0 aliphatic rings. The molecule has 0 atom stereocenters. The van der Waals surface area contributed by atoms with E-state index in [0.717, 1.165) is 17.0 Å². The third-order valence-electron chi connectivity index (χ3n) is 2.47. The van der Waals surface area contributed by atoms with Crippen LogP contribution in [0.4, 0.5) is 0 Å². The van der Waals surface area contributed by atoms with Crippen molar-refractivity contribution < 1.29 is 4.79 Å². The van der Waals surface area contributed by atoms with Crippen LogP contribution in [0.1, 0.15) is 35.9 Å². The monoisotopic (exact) mass is 341 g/mol. The maximum Gasteiger partial charge on any atom is 0.240 e. The van der Waals surface area contributed by atoms with Gasteiger partial charge in [0.25, 0.3) is 0 Å². The van der Waals surface area contributed by atoms with Gasteiger partial charge in [-0.2, -0.15) is 5.10 Å². The summed E-state index contributed by atoms with van der Waals surface area (Å²) in [7, 11) is 0. The van der Waals surface area contributed by atoms with Crippen molar-refractivity contribution in [3.05, 3.63) is 35.8 Å². The lowest BCUT2D eigenvalue weighted by atomic mass is 10.1. The molecule has 0 aromatic carbocycles. The van der Waals surface area contributed by atoms with E-state index in [0.29, 0.717) is 11.6 Å². The highest BCUT2D eigenvalue weighted by molar-refractivity contribution is 14.1. The van der Waals surface area contributed by atoms with E-state index in [9.17, 15) is 4.79 Å². The van der Waals surface area contributed by atoms with E-state index < -0.39 is 0 Å². The third-order valence-corrected chi connectivity index (χ3v) is 3.02. The molecule has 0 unspecified atom stereocenters. The van der Waals surface area contributed by atoms with Crippen LogP contribution in [0.2, 0.25) is 0 Å². The molecule has 0 spiro atoms. The second kappa shape index (κ2) is 4.95. The number of halogens is 1. The van der Waals surface area contributed by atoms with Gasteiger partial charge in [-0.3, -0.25) is 14.9 Å². The molecule has 2 aromatic rings. The Morgan fingerprint density at radius 1 is 1.41 bits per heavy atom. The fraction of sp³-hybridized carbons (Fsp3) is 0.250. The van der Waals surface area contributed by atoms with Gasteiger partial charge in [0, 0.05) is 34.4 Å². The summed E-state index contributed by atoms with van der Waals surface area (Å²) in [4.78, 5) is 15.2. The number of nitrogens with one attached hydrogen (secondary N) is 1. The summed E-state index contributed by atoms with van der Waals surface area (Å²) < 4.78 is -0.0540. The van der Waals surface area contributed by atoms with Gasteiger partial charge in [-0.05, 0) is 24.1 Å². The molecule has 17 heavy (non-hydrogen) atoms. The Morgan fingerprint density at radius 3 is 2.65 bits per heavy atom. The second-order valence-corrected chi connectivity index (χ2v) is 5.05. The standard InChI is InChI=1S/C12H12IN3O/c1-7(2)10-5-11(16-15-10)8-3-4-9(12(13)17)14-6-8/h3-7H,1-2H3,(H,15,16). The number of pyridine rings is 1. The van der Waals surface area contributed by atoms with Crippen LogP contribution in [0, 0.1) is 0 Å². The fourth-order valence-electron chi connectivity index (χ4n) is 1.45. The highest BCUT2D eigenvalue weighted by Crippen LogP contribution is 2.20. The van der Waals surface area contributed by atoms with Crippen LogP contribution >= 0.6 is 22.6 Å². The second-order valence-electron chi connectivity index (χ2n) is 4.07. The minimum absolute atomic E-state index is 0.0540. The highest BCUT2D eigenvalue weighted by atomic mass is 127. The number of carbonyl (C=O) groups excluding carboxylic acids is 1. The number of hydrogen-bond donors (Lipinski definition) is 1. The topological polar surface area (TPSA) is 58.6 Å². The number of H-pyrrole nitrogens is 1. The zero-order chi connectivity index (χ0) is 12.4. The molecule has 2 aromatic heterocycles. The first-order chi connectivity index (χ1) is 8.08. The first-order valence-electron chi connectivity index (χ1n) is 5.29. The Labute approximate surface area is 113 Å². The summed E-state index contributed by atoms with van der Waals surface area (Å²) in [5.41, 5.74) is 3.35. The zero-order valence-corrected chi connectivity index (χ0v) is 11.7. The van der Waals surface area contributed by atoms with Gasteiger partial charge in [0.05, 0.1) is 11.4 Å². The predicted molar refractivity (Wildman–Crippen MR) is 74.3 cm³/mol. The van der Waals surface area contributed by atoms with E-state index in [4.69, 9.17) is 0 Å². The summed E-state index contributed by atoms with van der Waals surface area (Å²) >= 11 is 1.73. The normalized spacial score (nSPS) is 10.8. The molecule has 0 aliphatic heterocycles. The number of carbonyl (C=O) groups is 1. The maximum absolute atomic E-state index is 11.1. The molecule has 88 valence electrons. The van der Waals surface area contributed by atoms with Crippen LogP contribution in [-0.2, 0) is 0 Å². The number of nitrogens with zero attached hydrogens (tertiary/aromatic N) is 2. The largest absolute Gasteiger partial charge is 0.280 e. The summed E-state index contributed by atoms with van der Waals surface area (Å²) in [5.74, 6) is 0.392. The number of aromatic nitrogens is 3. The summed E-state index contributed by atoms with van der Waals surface area (Å²) in [6, 6.07) is 5.60. The number of aromatic amines is 1. The van der Waals surface area contributed by atoms with Crippen molar-refractivity contribution in [1.29, 1.82) is 0 Å². The minimum atomic E-state index is -0.0540. The van der Waals surface area contributed by atoms with Crippen molar-refractivity contribution in [2.75, 3.05) is 0 Å². The van der Waals surface area contributed by atoms with Crippen molar-refractivity contribution in [2.24, 2.45) is 0 Å². The molecule has 5 heteroatoms. The Morgan fingerprint density at radius 2 is 2.18 bits per heavy atom. The SMILES string of the molecule is CC(C)c1cc(-c2ccc(C(=O)I)nc2)[nH]n1. The van der Waals surface area contributed by atoms with Crippen LogP contribution in [0.3, 0.4) is 0 Å². The Kier molecular flexibility index (Phi) is 3.56.